The lowest BCUT2D eigenvalue weighted by atomic mass is 9.77. The minimum atomic E-state index is 0.108. The lowest BCUT2D eigenvalue weighted by Gasteiger charge is -2.27. The molecule has 22 heavy (non-hydrogen) atoms. The number of amides is 1. The Hall–Kier alpha value is -2.09. The van der Waals surface area contributed by atoms with Crippen molar-refractivity contribution in [3.8, 4) is 0 Å². The molecule has 2 aromatic rings. The highest BCUT2D eigenvalue weighted by Gasteiger charge is 2.69. The van der Waals surface area contributed by atoms with Gasteiger partial charge in [0.1, 0.15) is 0 Å². The van der Waals surface area contributed by atoms with Crippen molar-refractivity contribution in [2.75, 3.05) is 0 Å². The Morgan fingerprint density at radius 2 is 2.05 bits per heavy atom. The van der Waals surface area contributed by atoms with E-state index < -0.39 is 0 Å². The molecule has 1 amide bonds. The molecule has 1 aliphatic heterocycles. The van der Waals surface area contributed by atoms with Gasteiger partial charge in [-0.1, -0.05) is 42.0 Å². The zero-order valence-corrected chi connectivity index (χ0v) is 12.7. The Labute approximate surface area is 130 Å². The fourth-order valence-electron chi connectivity index (χ4n) is 5.02. The fourth-order valence-corrected chi connectivity index (χ4v) is 5.02. The average molecular weight is 289 g/mol. The molecule has 110 valence electrons. The number of fused-ring (bicyclic) bond motifs is 7. The predicted octanol–water partition coefficient (Wildman–Crippen LogP) is 3.48. The van der Waals surface area contributed by atoms with Crippen molar-refractivity contribution in [3.63, 3.8) is 0 Å². The molecule has 3 aliphatic rings. The Morgan fingerprint density at radius 3 is 2.95 bits per heavy atom. The van der Waals surface area contributed by atoms with Crippen LogP contribution in [0.4, 0.5) is 0 Å². The van der Waals surface area contributed by atoms with Gasteiger partial charge in [0.2, 0.25) is 0 Å². The zero-order chi connectivity index (χ0) is 14.9. The highest BCUT2D eigenvalue weighted by molar-refractivity contribution is 5.99. The SMILES string of the molecule is Cc1ccc2c(c1)[C@@H]1[C@H](NC2=O)[C@@]12CCCc1ccccc12. The van der Waals surface area contributed by atoms with Crippen molar-refractivity contribution in [2.45, 2.75) is 43.6 Å². The summed E-state index contributed by atoms with van der Waals surface area (Å²) in [5.74, 6) is 0.567. The second-order valence-electron chi connectivity index (χ2n) is 7.07. The lowest BCUT2D eigenvalue weighted by Crippen LogP contribution is -2.34. The van der Waals surface area contributed by atoms with E-state index in [2.05, 4.69) is 42.6 Å². The van der Waals surface area contributed by atoms with Gasteiger partial charge in [-0.05, 0) is 48.9 Å². The second kappa shape index (κ2) is 4.01. The van der Waals surface area contributed by atoms with Gasteiger partial charge in [0.25, 0.3) is 5.91 Å². The molecule has 2 nitrogen and oxygen atoms in total. The van der Waals surface area contributed by atoms with Gasteiger partial charge in [-0.2, -0.15) is 0 Å². The van der Waals surface area contributed by atoms with Crippen LogP contribution in [0.15, 0.2) is 42.5 Å². The zero-order valence-electron chi connectivity index (χ0n) is 12.7. The summed E-state index contributed by atoms with van der Waals surface area (Å²) in [6.07, 6.45) is 3.58. The van der Waals surface area contributed by atoms with E-state index in [1.54, 1.807) is 0 Å². The van der Waals surface area contributed by atoms with Gasteiger partial charge < -0.3 is 5.32 Å². The maximum Gasteiger partial charge on any atom is 0.251 e. The molecule has 1 N–H and O–H groups in total. The second-order valence-corrected chi connectivity index (χ2v) is 7.07. The molecule has 2 aromatic carbocycles. The number of carbonyl (C=O) groups is 1. The van der Waals surface area contributed by atoms with E-state index in [-0.39, 0.29) is 17.4 Å². The van der Waals surface area contributed by atoms with Crippen molar-refractivity contribution in [3.05, 3.63) is 70.3 Å². The molecule has 0 unspecified atom stereocenters. The van der Waals surface area contributed by atoms with Crippen LogP contribution in [-0.2, 0) is 11.8 Å². The maximum atomic E-state index is 12.5. The van der Waals surface area contributed by atoms with Gasteiger partial charge >= 0.3 is 0 Å². The van der Waals surface area contributed by atoms with Gasteiger partial charge in [-0.25, -0.2) is 0 Å². The summed E-state index contributed by atoms with van der Waals surface area (Å²) in [5, 5.41) is 3.29. The van der Waals surface area contributed by atoms with E-state index in [0.717, 1.165) is 5.56 Å². The maximum absolute atomic E-state index is 12.5. The summed E-state index contributed by atoms with van der Waals surface area (Å²) in [5.41, 5.74) is 6.50. The number of carbonyl (C=O) groups excluding carboxylic acids is 1. The first-order valence-electron chi connectivity index (χ1n) is 8.21. The Morgan fingerprint density at radius 1 is 1.18 bits per heavy atom. The van der Waals surface area contributed by atoms with Gasteiger partial charge in [0.05, 0.1) is 0 Å². The van der Waals surface area contributed by atoms with Gasteiger partial charge in [0.15, 0.2) is 0 Å². The van der Waals surface area contributed by atoms with Crippen molar-refractivity contribution in [1.29, 1.82) is 0 Å². The van der Waals surface area contributed by atoms with E-state index in [1.807, 2.05) is 12.1 Å². The van der Waals surface area contributed by atoms with Crippen LogP contribution in [0.2, 0.25) is 0 Å². The molecule has 1 fully saturated rings. The topological polar surface area (TPSA) is 29.1 Å². The number of benzene rings is 2. The number of hydrogen-bond acceptors (Lipinski definition) is 1. The molecule has 3 atom stereocenters. The predicted molar refractivity (Wildman–Crippen MR) is 86.2 cm³/mol. The van der Waals surface area contributed by atoms with E-state index in [1.165, 1.54) is 41.5 Å². The summed E-state index contributed by atoms with van der Waals surface area (Å²) in [7, 11) is 0. The molecular weight excluding hydrogens is 270 g/mol. The van der Waals surface area contributed by atoms with Crippen molar-refractivity contribution >= 4 is 5.91 Å². The van der Waals surface area contributed by atoms with E-state index in [9.17, 15) is 4.79 Å². The minimum Gasteiger partial charge on any atom is -0.348 e. The van der Waals surface area contributed by atoms with Crippen LogP contribution in [0.5, 0.6) is 0 Å². The van der Waals surface area contributed by atoms with Crippen LogP contribution in [-0.4, -0.2) is 11.9 Å². The first-order valence-corrected chi connectivity index (χ1v) is 8.21. The van der Waals surface area contributed by atoms with Crippen LogP contribution in [0, 0.1) is 6.92 Å². The summed E-state index contributed by atoms with van der Waals surface area (Å²) in [6, 6.07) is 15.4. The normalized spacial score (nSPS) is 31.0. The molecule has 2 heteroatoms. The summed E-state index contributed by atoms with van der Waals surface area (Å²) < 4.78 is 0. The molecule has 2 aliphatic carbocycles. The van der Waals surface area contributed by atoms with Crippen LogP contribution >= 0.6 is 0 Å². The van der Waals surface area contributed by atoms with Gasteiger partial charge in [-0.15, -0.1) is 0 Å². The van der Waals surface area contributed by atoms with Crippen molar-refractivity contribution < 1.29 is 4.79 Å². The quantitative estimate of drug-likeness (QED) is 0.790. The van der Waals surface area contributed by atoms with E-state index in [0.29, 0.717) is 5.92 Å². The molecule has 0 aromatic heterocycles. The Kier molecular flexibility index (Phi) is 2.27. The van der Waals surface area contributed by atoms with Crippen LogP contribution < -0.4 is 5.32 Å². The monoisotopic (exact) mass is 289 g/mol. The van der Waals surface area contributed by atoms with Gasteiger partial charge in [0, 0.05) is 22.9 Å². The third-order valence-electron chi connectivity index (χ3n) is 5.96. The smallest absolute Gasteiger partial charge is 0.251 e. The standard InChI is InChI=1S/C20H19NO/c1-12-8-9-14-15(11-12)17-18(21-19(14)22)20(17)10-4-6-13-5-2-3-7-16(13)20/h2-3,5,7-9,11,17-18H,4,6,10H2,1H3,(H,21,22)/t17-,18+,20-/m1/s1. The molecule has 0 saturated heterocycles. The number of aryl methyl sites for hydroxylation is 2. The van der Waals surface area contributed by atoms with Crippen LogP contribution in [0.1, 0.15) is 51.4 Å². The number of nitrogens with one attached hydrogen (secondary N) is 1. The first kappa shape index (κ1) is 12.5. The van der Waals surface area contributed by atoms with E-state index in [4.69, 9.17) is 0 Å². The first-order chi connectivity index (χ1) is 10.7. The van der Waals surface area contributed by atoms with Crippen molar-refractivity contribution in [1.82, 2.24) is 5.32 Å². The lowest BCUT2D eigenvalue weighted by molar-refractivity contribution is 0.0941. The highest BCUT2D eigenvalue weighted by Crippen LogP contribution is 2.66. The largest absolute Gasteiger partial charge is 0.348 e. The third-order valence-corrected chi connectivity index (χ3v) is 5.96. The van der Waals surface area contributed by atoms with Gasteiger partial charge in [-0.3, -0.25) is 4.79 Å². The van der Waals surface area contributed by atoms with Crippen molar-refractivity contribution in [2.24, 2.45) is 0 Å². The summed E-state index contributed by atoms with van der Waals surface area (Å²) >= 11 is 0. The molecule has 1 saturated carbocycles. The summed E-state index contributed by atoms with van der Waals surface area (Å²) in [6.45, 7) is 2.12. The van der Waals surface area contributed by atoms with Crippen LogP contribution in [0.25, 0.3) is 0 Å². The molecule has 1 spiro atoms. The minimum absolute atomic E-state index is 0.108. The average Bonchev–Trinajstić information content (AvgIpc) is 3.15. The molecule has 5 rings (SSSR count). The fraction of sp³-hybridized carbons (Fsp3) is 0.350. The number of rotatable bonds is 0. The van der Waals surface area contributed by atoms with Crippen LogP contribution in [0.3, 0.4) is 0 Å². The third kappa shape index (κ3) is 1.38. The summed E-state index contributed by atoms with van der Waals surface area (Å²) in [4.78, 5) is 12.5. The molecular formula is C20H19NO. The molecule has 0 radical (unpaired) electrons. The Bertz CT molecular complexity index is 809. The highest BCUT2D eigenvalue weighted by atomic mass is 16.1. The Balaban J connectivity index is 1.71. The molecule has 0 bridgehead atoms. The molecule has 1 heterocycles. The van der Waals surface area contributed by atoms with E-state index >= 15 is 0 Å². The number of hydrogen-bond donors (Lipinski definition) is 1.